The average molecular weight is 293 g/mol. The zero-order valence-corrected chi connectivity index (χ0v) is 12.1. The van der Waals surface area contributed by atoms with Crippen molar-refractivity contribution < 1.29 is 24.5 Å². The second kappa shape index (κ2) is 5.63. The van der Waals surface area contributed by atoms with Crippen LogP contribution >= 0.6 is 0 Å². The zero-order valence-electron chi connectivity index (χ0n) is 12.1. The highest BCUT2D eigenvalue weighted by Crippen LogP contribution is 2.43. The van der Waals surface area contributed by atoms with Gasteiger partial charge in [0.1, 0.15) is 5.75 Å². The SMILES string of the molecule is COc1ccc(C2CCN(C(=O)O)CC2(C)C(=O)O)cc1. The third-order valence-electron chi connectivity index (χ3n) is 4.25. The number of likely N-dealkylation sites (tertiary alicyclic amines) is 1. The van der Waals surface area contributed by atoms with E-state index < -0.39 is 17.5 Å². The summed E-state index contributed by atoms with van der Waals surface area (Å²) in [5.74, 6) is -0.496. The standard InChI is InChI=1S/C15H19NO5/c1-15(13(17)18)9-16(14(19)20)8-7-12(15)10-3-5-11(21-2)6-4-10/h3-6,12H,7-9H2,1-2H3,(H,17,18)(H,19,20). The molecule has 2 N–H and O–H groups in total. The topological polar surface area (TPSA) is 87.1 Å². The largest absolute Gasteiger partial charge is 0.497 e. The number of amides is 1. The number of ether oxygens (including phenoxy) is 1. The molecule has 0 bridgehead atoms. The minimum atomic E-state index is -1.13. The third kappa shape index (κ3) is 2.79. The van der Waals surface area contributed by atoms with Gasteiger partial charge in [0.05, 0.1) is 12.5 Å². The summed E-state index contributed by atoms with van der Waals surface area (Å²) in [5.41, 5.74) is -0.239. The van der Waals surface area contributed by atoms with Crippen LogP contribution in [-0.2, 0) is 4.79 Å². The molecule has 1 saturated heterocycles. The second-order valence-electron chi connectivity index (χ2n) is 5.54. The number of methoxy groups -OCH3 is 1. The predicted molar refractivity (Wildman–Crippen MR) is 75.7 cm³/mol. The van der Waals surface area contributed by atoms with Crippen molar-refractivity contribution in [3.8, 4) is 5.75 Å². The summed E-state index contributed by atoms with van der Waals surface area (Å²) in [6.45, 7) is 1.95. The molecule has 21 heavy (non-hydrogen) atoms. The number of benzene rings is 1. The Bertz CT molecular complexity index is 541. The van der Waals surface area contributed by atoms with Gasteiger partial charge in [0.25, 0.3) is 0 Å². The first kappa shape index (κ1) is 15.2. The Balaban J connectivity index is 2.32. The normalized spacial score (nSPS) is 25.4. The van der Waals surface area contributed by atoms with Gasteiger partial charge in [-0.05, 0) is 31.0 Å². The van der Waals surface area contributed by atoms with E-state index in [2.05, 4.69) is 0 Å². The van der Waals surface area contributed by atoms with Crippen LogP contribution in [-0.4, -0.2) is 47.4 Å². The van der Waals surface area contributed by atoms with Crippen molar-refractivity contribution >= 4 is 12.1 Å². The Morgan fingerprint density at radius 3 is 2.38 bits per heavy atom. The zero-order chi connectivity index (χ0) is 15.6. The number of piperidine rings is 1. The number of aliphatic carboxylic acids is 1. The number of hydrogen-bond donors (Lipinski definition) is 2. The van der Waals surface area contributed by atoms with Crippen molar-refractivity contribution in [1.82, 2.24) is 4.90 Å². The van der Waals surface area contributed by atoms with E-state index in [-0.39, 0.29) is 12.5 Å². The molecule has 6 nitrogen and oxygen atoms in total. The van der Waals surface area contributed by atoms with E-state index in [9.17, 15) is 14.7 Å². The molecule has 2 unspecified atom stereocenters. The van der Waals surface area contributed by atoms with E-state index in [0.717, 1.165) is 5.56 Å². The van der Waals surface area contributed by atoms with Crippen molar-refractivity contribution in [2.24, 2.45) is 5.41 Å². The molecule has 6 heteroatoms. The van der Waals surface area contributed by atoms with Crippen LogP contribution < -0.4 is 4.74 Å². The number of hydrogen-bond acceptors (Lipinski definition) is 3. The number of rotatable bonds is 3. The smallest absolute Gasteiger partial charge is 0.407 e. The van der Waals surface area contributed by atoms with Gasteiger partial charge in [-0.25, -0.2) is 4.79 Å². The maximum atomic E-state index is 11.7. The fraction of sp³-hybridized carbons (Fsp3) is 0.467. The van der Waals surface area contributed by atoms with Crippen LogP contribution in [0.2, 0.25) is 0 Å². The lowest BCUT2D eigenvalue weighted by atomic mass is 9.69. The number of carboxylic acid groups (broad SMARTS) is 2. The Morgan fingerprint density at radius 1 is 1.29 bits per heavy atom. The van der Waals surface area contributed by atoms with Crippen LogP contribution in [0.4, 0.5) is 4.79 Å². The summed E-state index contributed by atoms with van der Waals surface area (Å²) >= 11 is 0. The Morgan fingerprint density at radius 2 is 1.90 bits per heavy atom. The van der Waals surface area contributed by atoms with E-state index in [1.165, 1.54) is 4.90 Å². The van der Waals surface area contributed by atoms with Crippen LogP contribution in [0.3, 0.4) is 0 Å². The lowest BCUT2D eigenvalue weighted by Crippen LogP contribution is -2.51. The van der Waals surface area contributed by atoms with Gasteiger partial charge in [0.15, 0.2) is 0 Å². The van der Waals surface area contributed by atoms with Crippen molar-refractivity contribution in [3.05, 3.63) is 29.8 Å². The Hall–Kier alpha value is -2.24. The highest BCUT2D eigenvalue weighted by atomic mass is 16.5. The van der Waals surface area contributed by atoms with E-state index in [4.69, 9.17) is 9.84 Å². The van der Waals surface area contributed by atoms with Crippen LogP contribution in [0.25, 0.3) is 0 Å². The number of carbonyl (C=O) groups is 2. The maximum Gasteiger partial charge on any atom is 0.407 e. The fourth-order valence-electron chi connectivity index (χ4n) is 2.94. The Labute approximate surface area is 122 Å². The van der Waals surface area contributed by atoms with Crippen LogP contribution in [0.15, 0.2) is 24.3 Å². The highest BCUT2D eigenvalue weighted by Gasteiger charge is 2.47. The molecule has 1 aromatic rings. The summed E-state index contributed by atoms with van der Waals surface area (Å²) < 4.78 is 5.10. The molecule has 1 heterocycles. The summed E-state index contributed by atoms with van der Waals surface area (Å²) in [6, 6.07) is 7.28. The minimum Gasteiger partial charge on any atom is -0.497 e. The van der Waals surface area contributed by atoms with Gasteiger partial charge in [-0.2, -0.15) is 0 Å². The van der Waals surface area contributed by atoms with Gasteiger partial charge in [-0.3, -0.25) is 4.79 Å². The summed E-state index contributed by atoms with van der Waals surface area (Å²) in [5, 5.41) is 18.7. The van der Waals surface area contributed by atoms with E-state index >= 15 is 0 Å². The molecular weight excluding hydrogens is 274 g/mol. The molecule has 1 aliphatic rings. The molecular formula is C15H19NO5. The molecule has 1 aliphatic heterocycles. The lowest BCUT2D eigenvalue weighted by molar-refractivity contribution is -0.152. The van der Waals surface area contributed by atoms with Gasteiger partial charge >= 0.3 is 12.1 Å². The predicted octanol–water partition coefficient (Wildman–Crippen LogP) is 2.25. The maximum absolute atomic E-state index is 11.7. The van der Waals surface area contributed by atoms with E-state index in [1.54, 1.807) is 26.2 Å². The van der Waals surface area contributed by atoms with Crippen molar-refractivity contribution in [2.45, 2.75) is 19.3 Å². The first-order chi connectivity index (χ1) is 9.88. The molecule has 1 amide bonds. The van der Waals surface area contributed by atoms with Gasteiger partial charge in [-0.15, -0.1) is 0 Å². The van der Waals surface area contributed by atoms with Gasteiger partial charge in [-0.1, -0.05) is 12.1 Å². The molecule has 0 aliphatic carbocycles. The van der Waals surface area contributed by atoms with Crippen LogP contribution in [0, 0.1) is 5.41 Å². The molecule has 0 radical (unpaired) electrons. The van der Waals surface area contributed by atoms with Gasteiger partial charge in [0, 0.05) is 19.0 Å². The Kier molecular flexibility index (Phi) is 4.06. The molecule has 1 aromatic carbocycles. The van der Waals surface area contributed by atoms with Crippen LogP contribution in [0.5, 0.6) is 5.75 Å². The van der Waals surface area contributed by atoms with Crippen molar-refractivity contribution in [2.75, 3.05) is 20.2 Å². The molecule has 114 valence electrons. The van der Waals surface area contributed by atoms with Crippen molar-refractivity contribution in [3.63, 3.8) is 0 Å². The summed E-state index contributed by atoms with van der Waals surface area (Å²) in [6.07, 6.45) is -0.586. The average Bonchev–Trinajstić information content (AvgIpc) is 2.47. The number of nitrogens with zero attached hydrogens (tertiary/aromatic N) is 1. The monoisotopic (exact) mass is 293 g/mol. The molecule has 2 rings (SSSR count). The highest BCUT2D eigenvalue weighted by molar-refractivity contribution is 5.77. The van der Waals surface area contributed by atoms with Crippen molar-refractivity contribution in [1.29, 1.82) is 0 Å². The lowest BCUT2D eigenvalue weighted by Gasteiger charge is -2.42. The van der Waals surface area contributed by atoms with E-state index in [1.807, 2.05) is 12.1 Å². The number of carboxylic acids is 1. The quantitative estimate of drug-likeness (QED) is 0.892. The molecule has 1 fully saturated rings. The van der Waals surface area contributed by atoms with Gasteiger partial charge in [0.2, 0.25) is 0 Å². The first-order valence-corrected chi connectivity index (χ1v) is 6.73. The summed E-state index contributed by atoms with van der Waals surface area (Å²) in [4.78, 5) is 24.0. The molecule has 0 saturated carbocycles. The molecule has 2 atom stereocenters. The fourth-order valence-corrected chi connectivity index (χ4v) is 2.94. The molecule has 0 aromatic heterocycles. The first-order valence-electron chi connectivity index (χ1n) is 6.73. The van der Waals surface area contributed by atoms with Gasteiger partial charge < -0.3 is 19.8 Å². The second-order valence-corrected chi connectivity index (χ2v) is 5.54. The minimum absolute atomic E-state index is 0.00559. The summed E-state index contributed by atoms with van der Waals surface area (Å²) in [7, 11) is 1.57. The molecule has 0 spiro atoms. The third-order valence-corrected chi connectivity index (χ3v) is 4.25. The van der Waals surface area contributed by atoms with E-state index in [0.29, 0.717) is 18.7 Å². The van der Waals surface area contributed by atoms with Crippen LogP contribution in [0.1, 0.15) is 24.8 Å².